The van der Waals surface area contributed by atoms with Crippen LogP contribution in [0.15, 0.2) is 0 Å². The third kappa shape index (κ3) is 9.88. The van der Waals surface area contributed by atoms with Crippen LogP contribution in [0.25, 0.3) is 0 Å². The fraction of sp³-hybridized carbons (Fsp3) is 0.714. The Bertz CT molecular complexity index is 143. The van der Waals surface area contributed by atoms with Gasteiger partial charge in [-0.3, -0.25) is 9.59 Å². The molecule has 0 amide bonds. The molecule has 0 atom stereocenters. The van der Waals surface area contributed by atoms with Crippen LogP contribution >= 0.6 is 0 Å². The monoisotopic (exact) mass is 251 g/mol. The van der Waals surface area contributed by atoms with Gasteiger partial charge in [0.05, 0.1) is 6.10 Å². The van der Waals surface area contributed by atoms with Crippen molar-refractivity contribution in [2.45, 2.75) is 33.3 Å². The Morgan fingerprint density at radius 3 is 2.09 bits per heavy atom. The molecular formula is C7H12AgO3. The first-order valence-corrected chi connectivity index (χ1v) is 3.21. The molecule has 0 heterocycles. The molecule has 0 bridgehead atoms. The Hall–Kier alpha value is -0.120. The average Bonchev–Trinajstić information content (AvgIpc) is 1.58. The van der Waals surface area contributed by atoms with Crippen molar-refractivity contribution in [2.24, 2.45) is 0 Å². The van der Waals surface area contributed by atoms with Crippen molar-refractivity contribution in [3.63, 3.8) is 0 Å². The van der Waals surface area contributed by atoms with Crippen LogP contribution < -0.4 is 0 Å². The SMILES string of the molecule is CC(=O)CC(=O)OC(C)C.[Ag]. The van der Waals surface area contributed by atoms with E-state index in [1.54, 1.807) is 13.8 Å². The summed E-state index contributed by atoms with van der Waals surface area (Å²) in [7, 11) is 0. The average molecular weight is 252 g/mol. The van der Waals surface area contributed by atoms with Crippen molar-refractivity contribution in [1.82, 2.24) is 0 Å². The van der Waals surface area contributed by atoms with Crippen LogP contribution in [0.4, 0.5) is 0 Å². The molecule has 0 saturated carbocycles. The molecular weight excluding hydrogens is 240 g/mol. The fourth-order valence-electron chi connectivity index (χ4n) is 0.508. The zero-order valence-corrected chi connectivity index (χ0v) is 8.29. The van der Waals surface area contributed by atoms with E-state index < -0.39 is 5.97 Å². The molecule has 3 nitrogen and oxygen atoms in total. The Balaban J connectivity index is 0. The van der Waals surface area contributed by atoms with Crippen molar-refractivity contribution in [3.05, 3.63) is 0 Å². The first-order chi connectivity index (χ1) is 4.52. The first-order valence-electron chi connectivity index (χ1n) is 3.21. The van der Waals surface area contributed by atoms with Gasteiger partial charge in [0.2, 0.25) is 0 Å². The van der Waals surface area contributed by atoms with Gasteiger partial charge in [-0.25, -0.2) is 0 Å². The quantitative estimate of drug-likeness (QED) is 0.426. The van der Waals surface area contributed by atoms with Gasteiger partial charge in [0.1, 0.15) is 12.2 Å². The van der Waals surface area contributed by atoms with E-state index in [1.807, 2.05) is 0 Å². The standard InChI is InChI=1S/C7H12O3.Ag/c1-5(2)10-7(9)4-6(3)8;/h5H,4H2,1-3H3;. The Morgan fingerprint density at radius 2 is 1.82 bits per heavy atom. The van der Waals surface area contributed by atoms with Gasteiger partial charge in [-0.2, -0.15) is 0 Å². The van der Waals surface area contributed by atoms with Gasteiger partial charge in [-0.1, -0.05) is 0 Å². The van der Waals surface area contributed by atoms with E-state index in [9.17, 15) is 9.59 Å². The van der Waals surface area contributed by atoms with Crippen LogP contribution in [-0.4, -0.2) is 17.9 Å². The maximum Gasteiger partial charge on any atom is 0.313 e. The molecule has 0 unspecified atom stereocenters. The van der Waals surface area contributed by atoms with Crippen molar-refractivity contribution in [2.75, 3.05) is 0 Å². The summed E-state index contributed by atoms with van der Waals surface area (Å²) in [6, 6.07) is 0. The van der Waals surface area contributed by atoms with Crippen LogP contribution in [0, 0.1) is 0 Å². The van der Waals surface area contributed by atoms with Gasteiger partial charge in [0.15, 0.2) is 0 Å². The molecule has 0 spiro atoms. The third-order valence-corrected chi connectivity index (χ3v) is 0.760. The molecule has 0 aliphatic carbocycles. The van der Waals surface area contributed by atoms with Crippen LogP contribution in [-0.2, 0) is 36.7 Å². The molecule has 0 saturated heterocycles. The first kappa shape index (κ1) is 13.5. The molecule has 69 valence electrons. The predicted octanol–water partition coefficient (Wildman–Crippen LogP) is 0.915. The van der Waals surface area contributed by atoms with E-state index in [-0.39, 0.29) is 40.7 Å². The van der Waals surface area contributed by atoms with Gasteiger partial charge in [0.25, 0.3) is 0 Å². The van der Waals surface area contributed by atoms with Crippen molar-refractivity contribution in [3.8, 4) is 0 Å². The Kier molecular flexibility index (Phi) is 8.06. The Labute approximate surface area is 82.0 Å². The molecule has 0 rings (SSSR count). The summed E-state index contributed by atoms with van der Waals surface area (Å²) >= 11 is 0. The number of Topliss-reactive ketones (excluding diaryl/α,β-unsaturated/α-hetero) is 1. The largest absolute Gasteiger partial charge is 0.463 e. The number of hydrogen-bond acceptors (Lipinski definition) is 3. The molecule has 11 heavy (non-hydrogen) atoms. The molecule has 0 aromatic carbocycles. The number of hydrogen-bond donors (Lipinski definition) is 0. The van der Waals surface area contributed by atoms with Crippen molar-refractivity contribution < 1.29 is 36.7 Å². The van der Waals surface area contributed by atoms with Crippen LogP contribution in [0.3, 0.4) is 0 Å². The molecule has 0 aromatic heterocycles. The summed E-state index contributed by atoms with van der Waals surface area (Å²) in [4.78, 5) is 21.0. The molecule has 4 heteroatoms. The maximum absolute atomic E-state index is 10.6. The molecule has 1 radical (unpaired) electrons. The number of esters is 1. The predicted molar refractivity (Wildman–Crippen MR) is 36.5 cm³/mol. The summed E-state index contributed by atoms with van der Waals surface area (Å²) < 4.78 is 4.70. The van der Waals surface area contributed by atoms with Crippen LogP contribution in [0.5, 0.6) is 0 Å². The van der Waals surface area contributed by atoms with Crippen LogP contribution in [0.2, 0.25) is 0 Å². The summed E-state index contributed by atoms with van der Waals surface area (Å²) in [6.45, 7) is 4.86. The Morgan fingerprint density at radius 1 is 1.36 bits per heavy atom. The summed E-state index contributed by atoms with van der Waals surface area (Å²) in [5.41, 5.74) is 0. The smallest absolute Gasteiger partial charge is 0.313 e. The normalized spacial score (nSPS) is 8.73. The molecule has 0 aliphatic heterocycles. The van der Waals surface area contributed by atoms with Gasteiger partial charge in [0, 0.05) is 22.4 Å². The van der Waals surface area contributed by atoms with Crippen LogP contribution in [0.1, 0.15) is 27.2 Å². The van der Waals surface area contributed by atoms with E-state index in [2.05, 4.69) is 0 Å². The number of carbonyl (C=O) groups is 2. The number of ether oxygens (including phenoxy) is 1. The minimum absolute atomic E-state index is 0. The summed E-state index contributed by atoms with van der Waals surface area (Å²) in [5, 5.41) is 0. The minimum atomic E-state index is -0.442. The van der Waals surface area contributed by atoms with E-state index >= 15 is 0 Å². The zero-order chi connectivity index (χ0) is 8.15. The third-order valence-electron chi connectivity index (χ3n) is 0.760. The summed E-state index contributed by atoms with van der Waals surface area (Å²) in [6.07, 6.45) is -0.245. The molecule has 0 N–H and O–H groups in total. The second kappa shape index (κ2) is 6.58. The van der Waals surface area contributed by atoms with Gasteiger partial charge < -0.3 is 4.74 Å². The zero-order valence-electron chi connectivity index (χ0n) is 6.81. The number of ketones is 1. The second-order valence-electron chi connectivity index (χ2n) is 2.42. The summed E-state index contributed by atoms with van der Waals surface area (Å²) in [5.74, 6) is -0.604. The van der Waals surface area contributed by atoms with E-state index in [0.717, 1.165) is 0 Å². The molecule has 0 fully saturated rings. The molecule has 0 aromatic rings. The molecule has 0 aliphatic rings. The minimum Gasteiger partial charge on any atom is -0.463 e. The second-order valence-corrected chi connectivity index (χ2v) is 2.42. The maximum atomic E-state index is 10.6. The number of rotatable bonds is 3. The van der Waals surface area contributed by atoms with E-state index in [4.69, 9.17) is 4.74 Å². The van der Waals surface area contributed by atoms with E-state index in [1.165, 1.54) is 6.92 Å². The van der Waals surface area contributed by atoms with Crippen molar-refractivity contribution in [1.29, 1.82) is 0 Å². The van der Waals surface area contributed by atoms with Gasteiger partial charge in [-0.15, -0.1) is 0 Å². The van der Waals surface area contributed by atoms with Crippen molar-refractivity contribution >= 4 is 11.8 Å². The number of carbonyl (C=O) groups excluding carboxylic acids is 2. The fourth-order valence-corrected chi connectivity index (χ4v) is 0.508. The van der Waals surface area contributed by atoms with Gasteiger partial charge >= 0.3 is 5.97 Å². The van der Waals surface area contributed by atoms with E-state index in [0.29, 0.717) is 0 Å². The van der Waals surface area contributed by atoms with Gasteiger partial charge in [-0.05, 0) is 20.8 Å². The topological polar surface area (TPSA) is 43.4 Å².